The van der Waals surface area contributed by atoms with Crippen LogP contribution in [0, 0.1) is 11.8 Å². The van der Waals surface area contributed by atoms with Crippen LogP contribution in [0.15, 0.2) is 18.6 Å². The van der Waals surface area contributed by atoms with Gasteiger partial charge < -0.3 is 9.79 Å². The van der Waals surface area contributed by atoms with E-state index in [-0.39, 0.29) is 18.7 Å². The van der Waals surface area contributed by atoms with Gasteiger partial charge >= 0.3 is 222 Å². The van der Waals surface area contributed by atoms with E-state index < -0.39 is 99.0 Å². The Balaban J connectivity index is 1.45. The normalized spacial score (nSPS) is 27.2. The molecule has 5 N–H and O–H groups in total. The Morgan fingerprint density at radius 1 is 1.17 bits per heavy atom. The summed E-state index contributed by atoms with van der Waals surface area (Å²) in [6.45, 7) is 2.01. The van der Waals surface area contributed by atoms with Gasteiger partial charge in [-0.25, -0.2) is 4.57 Å². The summed E-state index contributed by atoms with van der Waals surface area (Å²) >= 11 is -0.900. The average molecular weight is 821 g/mol. The first-order valence-electron chi connectivity index (χ1n) is 14.5. The monoisotopic (exact) mass is 821 g/mol. The van der Waals surface area contributed by atoms with Crippen molar-refractivity contribution in [2.24, 2.45) is 11.8 Å². The van der Waals surface area contributed by atoms with Crippen LogP contribution in [0.1, 0.15) is 26.7 Å². The molecule has 47 heavy (non-hydrogen) atoms. The van der Waals surface area contributed by atoms with Gasteiger partial charge in [0.15, 0.2) is 5.78 Å². The molecule has 1 aromatic heterocycles. The van der Waals surface area contributed by atoms with Crippen LogP contribution >= 0.6 is 15.6 Å². The molecular formula is C25H40IN6O13P2-. The van der Waals surface area contributed by atoms with Gasteiger partial charge in [-0.05, 0) is 13.0 Å². The van der Waals surface area contributed by atoms with Crippen molar-refractivity contribution < 1.29 is 83.3 Å². The minimum absolute atomic E-state index is 0.0988. The molecule has 3 aliphatic heterocycles. The Morgan fingerprint density at radius 2 is 1.89 bits per heavy atom. The molecule has 4 rings (SSSR count). The maximum atomic E-state index is 13.3. The van der Waals surface area contributed by atoms with Crippen LogP contribution in [-0.4, -0.2) is 118 Å². The second-order valence-corrected chi connectivity index (χ2v) is 15.8. The van der Waals surface area contributed by atoms with Crippen LogP contribution in [0.2, 0.25) is 0 Å². The van der Waals surface area contributed by atoms with Crippen molar-refractivity contribution in [3.63, 3.8) is 0 Å². The van der Waals surface area contributed by atoms with Crippen molar-refractivity contribution in [2.45, 2.75) is 57.3 Å². The number of allylic oxidation sites excluding steroid dienone is 1. The van der Waals surface area contributed by atoms with Gasteiger partial charge in [0.2, 0.25) is 5.91 Å². The number of fused-ring (bicyclic) bond motifs is 1. The molecule has 266 valence electrons. The number of phosphoric acid groups is 2. The van der Waals surface area contributed by atoms with E-state index in [1.54, 1.807) is 0 Å². The summed E-state index contributed by atoms with van der Waals surface area (Å²) in [6, 6.07) is 0. The topological polar surface area (TPSA) is 243 Å². The number of ether oxygens (including phenoxy) is 2. The minimum atomic E-state index is -4.95. The summed E-state index contributed by atoms with van der Waals surface area (Å²) in [5, 5.41) is 11.2. The number of aliphatic hydroxyl groups excluding tert-OH is 1. The number of aliphatic hydroxyl groups is 1. The van der Waals surface area contributed by atoms with E-state index in [0.29, 0.717) is 23.7 Å². The number of hydrogen-bond acceptors (Lipinski definition) is 15. The summed E-state index contributed by atoms with van der Waals surface area (Å²) in [5.74, 6) is -1.03. The Kier molecular flexibility index (Phi) is 12.8. The third-order valence-electron chi connectivity index (χ3n) is 7.83. The van der Waals surface area contributed by atoms with Crippen molar-refractivity contribution >= 4 is 44.7 Å². The number of aromatic nitrogens is 2. The Morgan fingerprint density at radius 3 is 2.53 bits per heavy atom. The number of hydrogen-bond donors (Lipinski definition) is 5. The standard InChI is InChI=1S/C25H40IN6O13P2/c1-6-15-18(44-25(21(15)34)32-23-20(29-26-32)22(30(3)4)27-13-28-23)11-43-47(39,40)45-17(19(41-5)12-42-46(36,37)38)8-10-31-9-7-16(33)14(2)24(31)35/h7,9,13-15,17-19,21,25,29,34H,6,8,10-12H2,1-5H3,(H,39,40)(H2,36,37,38)/q-1/t14-,15?,17?,18?,19?,21?,25?/m1/s1. The summed E-state index contributed by atoms with van der Waals surface area (Å²) in [5.41, 5.74) is 0.714. The van der Waals surface area contributed by atoms with Crippen molar-refractivity contribution in [3.8, 4) is 0 Å². The molecule has 19 nitrogen and oxygen atoms in total. The number of amides is 1. The van der Waals surface area contributed by atoms with E-state index in [0.717, 1.165) is 0 Å². The molecule has 1 amide bonds. The van der Waals surface area contributed by atoms with E-state index in [1.807, 2.05) is 29.0 Å². The second-order valence-electron chi connectivity index (χ2n) is 11.1. The molecule has 0 aromatic carbocycles. The van der Waals surface area contributed by atoms with Crippen LogP contribution in [0.4, 0.5) is 17.3 Å². The number of nitrogens with zero attached hydrogens (tertiary/aromatic N) is 5. The van der Waals surface area contributed by atoms with Gasteiger partial charge in [0.05, 0.1) is 5.92 Å². The van der Waals surface area contributed by atoms with Gasteiger partial charge in [-0.3, -0.25) is 9.59 Å². The number of phosphoric ester groups is 2. The number of nitrogens with one attached hydrogen (secondary N) is 1. The molecule has 0 spiro atoms. The predicted octanol–water partition coefficient (Wildman–Crippen LogP) is -2.62. The summed E-state index contributed by atoms with van der Waals surface area (Å²) < 4.78 is 56.6. The molecule has 1 aromatic rings. The molecule has 3 aliphatic rings. The van der Waals surface area contributed by atoms with Gasteiger partial charge in [-0.15, -0.1) is 0 Å². The van der Waals surface area contributed by atoms with E-state index in [4.69, 9.17) is 18.5 Å². The van der Waals surface area contributed by atoms with Gasteiger partial charge in [-0.1, -0.05) is 0 Å². The number of methoxy groups -OCH3 is 1. The van der Waals surface area contributed by atoms with Crippen molar-refractivity contribution in [1.82, 2.24) is 14.9 Å². The molecule has 4 heterocycles. The molecule has 8 atom stereocenters. The Bertz CT molecular complexity index is 1420. The first-order valence-corrected chi connectivity index (χ1v) is 19.6. The SMILES string of the molecule is CCC1C(COP(=O)(O)OC(CCN2C=CC(=O)[C@@H](C)C2=O)C(COP(=O)(O)O)OC)OC(N2[I-]Nc3c(N(C)C)ncnc32)C1O. The van der Waals surface area contributed by atoms with Crippen molar-refractivity contribution in [3.05, 3.63) is 18.6 Å². The van der Waals surface area contributed by atoms with Gasteiger partial charge in [-0.2, -0.15) is 0 Å². The van der Waals surface area contributed by atoms with E-state index in [9.17, 15) is 38.5 Å². The second kappa shape index (κ2) is 15.8. The number of halogens is 1. The Hall–Kier alpha value is -1.81. The summed E-state index contributed by atoms with van der Waals surface area (Å²) in [4.78, 5) is 65.3. The summed E-state index contributed by atoms with van der Waals surface area (Å²) in [7, 11) is -5.00. The molecule has 0 aliphatic carbocycles. The molecule has 1 fully saturated rings. The number of rotatable bonds is 16. The Labute approximate surface area is 282 Å². The van der Waals surface area contributed by atoms with E-state index in [2.05, 4.69) is 18.0 Å². The van der Waals surface area contributed by atoms with Crippen LogP contribution in [-0.2, 0) is 41.8 Å². The van der Waals surface area contributed by atoms with Crippen molar-refractivity contribution in [2.75, 3.05) is 52.5 Å². The molecular weight excluding hydrogens is 781 g/mol. The van der Waals surface area contributed by atoms with Crippen LogP contribution in [0.3, 0.4) is 0 Å². The molecule has 0 saturated carbocycles. The molecule has 0 bridgehead atoms. The van der Waals surface area contributed by atoms with Crippen molar-refractivity contribution in [1.29, 1.82) is 0 Å². The maximum absolute atomic E-state index is 13.3. The van der Waals surface area contributed by atoms with Gasteiger partial charge in [0, 0.05) is 6.20 Å². The fraction of sp³-hybridized carbons (Fsp3) is 0.680. The molecule has 22 heteroatoms. The predicted molar refractivity (Wildman–Crippen MR) is 160 cm³/mol. The number of carbonyl (C=O) groups is 2. The third kappa shape index (κ3) is 9.25. The zero-order chi connectivity index (χ0) is 34.7. The third-order valence-corrected chi connectivity index (χ3v) is 11.6. The van der Waals surface area contributed by atoms with Gasteiger partial charge in [0.25, 0.3) is 0 Å². The zero-order valence-electron chi connectivity index (χ0n) is 26.3. The number of anilines is 3. The van der Waals surface area contributed by atoms with Gasteiger partial charge in [0.1, 0.15) is 0 Å². The fourth-order valence-electron chi connectivity index (χ4n) is 5.27. The van der Waals surface area contributed by atoms with Crippen LogP contribution in [0.5, 0.6) is 0 Å². The first kappa shape index (κ1) is 38.0. The van der Waals surface area contributed by atoms with Crippen LogP contribution in [0.25, 0.3) is 0 Å². The molecule has 7 unspecified atom stereocenters. The number of carbonyl (C=O) groups excluding carboxylic acids is 2. The first-order chi connectivity index (χ1) is 22.1. The zero-order valence-corrected chi connectivity index (χ0v) is 30.2. The average Bonchev–Trinajstić information content (AvgIpc) is 3.57. The van der Waals surface area contributed by atoms with E-state index in [1.165, 1.54) is 37.5 Å². The number of ketones is 1. The molecule has 1 saturated heterocycles. The van der Waals surface area contributed by atoms with Crippen LogP contribution < -0.4 is 33.3 Å². The fourth-order valence-corrected chi connectivity index (χ4v) is 8.91. The van der Waals surface area contributed by atoms with E-state index >= 15 is 0 Å². The summed E-state index contributed by atoms with van der Waals surface area (Å²) in [6.07, 6.45) is -1.08. The molecule has 0 radical (unpaired) electrons. The quantitative estimate of drug-likeness (QED) is 0.0496.